The minimum atomic E-state index is -0.824. The van der Waals surface area contributed by atoms with E-state index in [9.17, 15) is 9.59 Å². The number of nitrogens with zero attached hydrogens (tertiary/aromatic N) is 1. The molecule has 1 fully saturated rings. The van der Waals surface area contributed by atoms with Gasteiger partial charge in [0.05, 0.1) is 13.7 Å². The van der Waals surface area contributed by atoms with Crippen molar-refractivity contribution in [2.24, 2.45) is 0 Å². The molecule has 7 nitrogen and oxygen atoms in total. The molecule has 0 bridgehead atoms. The van der Waals surface area contributed by atoms with Gasteiger partial charge in [0.15, 0.2) is 6.04 Å². The van der Waals surface area contributed by atoms with Crippen LogP contribution in [-0.2, 0) is 4.79 Å². The molecule has 0 aliphatic carbocycles. The van der Waals surface area contributed by atoms with Crippen LogP contribution < -0.4 is 20.2 Å². The van der Waals surface area contributed by atoms with E-state index in [1.54, 1.807) is 36.1 Å². The number of amides is 2. The van der Waals surface area contributed by atoms with Crippen LogP contribution in [-0.4, -0.2) is 42.5 Å². The first-order valence-electron chi connectivity index (χ1n) is 10.9. The lowest BCUT2D eigenvalue weighted by atomic mass is 9.99. The SMILES string of the molecule is CCOc1ccc(/C=[N+]2\NC(=O)[C@H](NC(=O)c3ccc(Cl)cc3)[C@H]2c2ccc(OC)cc2)cc1. The van der Waals surface area contributed by atoms with Gasteiger partial charge in [-0.3, -0.25) is 9.59 Å². The molecule has 3 aromatic rings. The average molecular weight is 479 g/mol. The molecule has 0 radical (unpaired) electrons. The summed E-state index contributed by atoms with van der Waals surface area (Å²) in [5, 5.41) is 3.41. The first-order chi connectivity index (χ1) is 16.5. The molecule has 3 aromatic carbocycles. The molecule has 2 atom stereocenters. The maximum absolute atomic E-state index is 13.0. The predicted octanol–water partition coefficient (Wildman–Crippen LogP) is 3.76. The maximum atomic E-state index is 13.0. The summed E-state index contributed by atoms with van der Waals surface area (Å²) in [5.41, 5.74) is 5.00. The smallest absolute Gasteiger partial charge is 0.304 e. The van der Waals surface area contributed by atoms with Crippen LogP contribution in [0.2, 0.25) is 5.02 Å². The summed E-state index contributed by atoms with van der Waals surface area (Å²) in [6.45, 7) is 2.51. The molecule has 0 saturated carbocycles. The van der Waals surface area contributed by atoms with Gasteiger partial charge in [0, 0.05) is 21.7 Å². The third kappa shape index (κ3) is 5.21. The Labute approximate surface area is 202 Å². The van der Waals surface area contributed by atoms with Gasteiger partial charge in [0.2, 0.25) is 12.3 Å². The first-order valence-corrected chi connectivity index (χ1v) is 11.2. The maximum Gasteiger partial charge on any atom is 0.304 e. The zero-order valence-electron chi connectivity index (χ0n) is 18.8. The highest BCUT2D eigenvalue weighted by atomic mass is 35.5. The molecule has 0 spiro atoms. The number of ether oxygens (including phenoxy) is 2. The standard InChI is InChI=1S/C26H24ClN3O4/c1-3-34-22-12-4-17(5-13-22)16-30-24(18-8-14-21(33-2)15-9-18)23(26(32)29-30)28-25(31)19-6-10-20(27)11-7-19/h4-16,23-24H,3H2,1-2H3,(H-,28,29,31,32)/p+1/b30-16-/t23-,24-/m1/s1. The van der Waals surface area contributed by atoms with Crippen molar-refractivity contribution >= 4 is 29.6 Å². The molecular formula is C26H25ClN3O4+. The first kappa shape index (κ1) is 23.3. The van der Waals surface area contributed by atoms with Crippen LogP contribution in [0.5, 0.6) is 11.5 Å². The lowest BCUT2D eigenvalue weighted by molar-refractivity contribution is -0.596. The van der Waals surface area contributed by atoms with Gasteiger partial charge in [-0.05, 0) is 79.7 Å². The second kappa shape index (κ2) is 10.4. The monoisotopic (exact) mass is 478 g/mol. The summed E-state index contributed by atoms with van der Waals surface area (Å²) in [6.07, 6.45) is 1.83. The Morgan fingerprint density at radius 3 is 2.29 bits per heavy atom. The molecule has 1 heterocycles. The minimum Gasteiger partial charge on any atom is -0.497 e. The number of hydrogen-bond acceptors (Lipinski definition) is 4. The molecule has 1 saturated heterocycles. The van der Waals surface area contributed by atoms with Crippen molar-refractivity contribution in [1.29, 1.82) is 0 Å². The number of carbonyl (C=O) groups is 2. The van der Waals surface area contributed by atoms with Gasteiger partial charge < -0.3 is 14.8 Å². The summed E-state index contributed by atoms with van der Waals surface area (Å²) >= 11 is 5.94. The molecule has 0 aromatic heterocycles. The number of carbonyl (C=O) groups excluding carboxylic acids is 2. The van der Waals surface area contributed by atoms with Crippen molar-refractivity contribution in [2.75, 3.05) is 13.7 Å². The number of hydrazone groups is 1. The molecule has 2 N–H and O–H groups in total. The van der Waals surface area contributed by atoms with Gasteiger partial charge in [-0.2, -0.15) is 0 Å². The Bertz CT molecular complexity index is 1190. The fraction of sp³-hybridized carbons (Fsp3) is 0.192. The normalized spacial score (nSPS) is 18.4. The zero-order valence-corrected chi connectivity index (χ0v) is 19.6. The molecule has 1 aliphatic heterocycles. The number of hydrazine groups is 1. The molecule has 2 amide bonds. The fourth-order valence-corrected chi connectivity index (χ4v) is 3.91. The summed E-state index contributed by atoms with van der Waals surface area (Å²) < 4.78 is 12.5. The third-order valence-electron chi connectivity index (χ3n) is 5.47. The van der Waals surface area contributed by atoms with Crippen molar-refractivity contribution in [3.63, 3.8) is 0 Å². The van der Waals surface area contributed by atoms with E-state index in [-0.39, 0.29) is 11.8 Å². The number of hydrogen-bond donors (Lipinski definition) is 2. The number of rotatable bonds is 7. The predicted molar refractivity (Wildman–Crippen MR) is 130 cm³/mol. The second-order valence-electron chi connectivity index (χ2n) is 7.69. The van der Waals surface area contributed by atoms with Crippen molar-refractivity contribution < 1.29 is 23.7 Å². The van der Waals surface area contributed by atoms with E-state index in [4.69, 9.17) is 21.1 Å². The molecule has 4 rings (SSSR count). The van der Waals surface area contributed by atoms with Crippen molar-refractivity contribution in [3.05, 3.63) is 94.5 Å². The lowest BCUT2D eigenvalue weighted by Gasteiger charge is -2.15. The van der Waals surface area contributed by atoms with Gasteiger partial charge in [0.1, 0.15) is 11.5 Å². The highest BCUT2D eigenvalue weighted by Crippen LogP contribution is 2.27. The van der Waals surface area contributed by atoms with E-state index in [1.165, 1.54) is 0 Å². The summed E-state index contributed by atoms with van der Waals surface area (Å²) in [4.78, 5) is 25.9. The lowest BCUT2D eigenvalue weighted by Crippen LogP contribution is -2.42. The van der Waals surface area contributed by atoms with Crippen LogP contribution in [0.25, 0.3) is 0 Å². The van der Waals surface area contributed by atoms with Crippen LogP contribution >= 0.6 is 11.6 Å². The molecular weight excluding hydrogens is 454 g/mol. The number of halogens is 1. The van der Waals surface area contributed by atoms with Gasteiger partial charge in [-0.25, -0.2) is 0 Å². The van der Waals surface area contributed by atoms with Crippen LogP contribution in [0.1, 0.15) is 34.5 Å². The van der Waals surface area contributed by atoms with E-state index >= 15 is 0 Å². The van der Waals surface area contributed by atoms with Gasteiger partial charge >= 0.3 is 5.91 Å². The quantitative estimate of drug-likeness (QED) is 0.507. The number of benzene rings is 3. The topological polar surface area (TPSA) is 79.7 Å². The fourth-order valence-electron chi connectivity index (χ4n) is 3.78. The number of methoxy groups -OCH3 is 1. The Morgan fingerprint density at radius 2 is 1.68 bits per heavy atom. The van der Waals surface area contributed by atoms with Gasteiger partial charge in [0.25, 0.3) is 5.91 Å². The highest BCUT2D eigenvalue weighted by Gasteiger charge is 2.47. The summed E-state index contributed by atoms with van der Waals surface area (Å²) in [5.74, 6) is 0.790. The van der Waals surface area contributed by atoms with E-state index < -0.39 is 12.1 Å². The van der Waals surface area contributed by atoms with E-state index in [0.717, 1.165) is 16.9 Å². The Hall–Kier alpha value is -3.84. The van der Waals surface area contributed by atoms with Crippen LogP contribution in [0.4, 0.5) is 0 Å². The van der Waals surface area contributed by atoms with Crippen LogP contribution in [0.3, 0.4) is 0 Å². The van der Waals surface area contributed by atoms with Crippen molar-refractivity contribution in [3.8, 4) is 11.5 Å². The third-order valence-corrected chi connectivity index (χ3v) is 5.72. The highest BCUT2D eigenvalue weighted by molar-refractivity contribution is 6.30. The van der Waals surface area contributed by atoms with Crippen LogP contribution in [0.15, 0.2) is 72.8 Å². The second-order valence-corrected chi connectivity index (χ2v) is 8.13. The van der Waals surface area contributed by atoms with E-state index in [2.05, 4.69) is 10.7 Å². The molecule has 0 unspecified atom stereocenters. The Balaban J connectivity index is 1.67. The van der Waals surface area contributed by atoms with E-state index in [0.29, 0.717) is 22.9 Å². The van der Waals surface area contributed by atoms with Crippen LogP contribution in [0, 0.1) is 0 Å². The zero-order chi connectivity index (χ0) is 24.1. The largest absolute Gasteiger partial charge is 0.497 e. The molecule has 8 heteroatoms. The van der Waals surface area contributed by atoms with Gasteiger partial charge in [-0.15, -0.1) is 10.1 Å². The Morgan fingerprint density at radius 1 is 1.03 bits per heavy atom. The average Bonchev–Trinajstić information content (AvgIpc) is 3.15. The minimum absolute atomic E-state index is 0.315. The van der Waals surface area contributed by atoms with Crippen molar-refractivity contribution in [2.45, 2.75) is 19.0 Å². The molecule has 174 valence electrons. The van der Waals surface area contributed by atoms with Gasteiger partial charge in [-0.1, -0.05) is 11.6 Å². The summed E-state index contributed by atoms with van der Waals surface area (Å²) in [6, 6.07) is 20.2. The molecule has 1 aliphatic rings. The Kier molecular flexibility index (Phi) is 7.13. The summed E-state index contributed by atoms with van der Waals surface area (Å²) in [7, 11) is 1.59. The number of nitrogens with one attached hydrogen (secondary N) is 2. The van der Waals surface area contributed by atoms with E-state index in [1.807, 2.05) is 61.7 Å². The molecule has 34 heavy (non-hydrogen) atoms. The van der Waals surface area contributed by atoms with Crippen molar-refractivity contribution in [1.82, 2.24) is 10.7 Å².